The zero-order valence-corrected chi connectivity index (χ0v) is 13.1. The van der Waals surface area contributed by atoms with Crippen molar-refractivity contribution in [2.45, 2.75) is 82.4 Å². The van der Waals surface area contributed by atoms with Gasteiger partial charge < -0.3 is 10.4 Å². The number of hydrogen-bond donors (Lipinski definition) is 2. The predicted octanol–water partition coefficient (Wildman–Crippen LogP) is 2.06. The summed E-state index contributed by atoms with van der Waals surface area (Å²) in [5, 5.41) is 13.1. The molecule has 1 amide bonds. The Morgan fingerprint density at radius 1 is 0.952 bits per heavy atom. The normalized spacial score (nSPS) is 35.8. The molecule has 1 saturated heterocycles. The molecule has 0 aromatic heterocycles. The molecule has 1 heterocycles. The highest BCUT2D eigenvalue weighted by atomic mass is 16.3. The van der Waals surface area contributed by atoms with E-state index in [1.807, 2.05) is 0 Å². The van der Waals surface area contributed by atoms with Gasteiger partial charge in [-0.15, -0.1) is 0 Å². The molecular formula is C17H30N2O2. The minimum Gasteiger partial charge on any atom is -0.392 e. The van der Waals surface area contributed by atoms with E-state index < -0.39 is 6.10 Å². The number of aliphatic hydroxyl groups excluding tert-OH is 1. The first-order valence-corrected chi connectivity index (χ1v) is 8.96. The summed E-state index contributed by atoms with van der Waals surface area (Å²) >= 11 is 0. The van der Waals surface area contributed by atoms with Crippen LogP contribution in [0, 0.1) is 5.92 Å². The summed E-state index contributed by atoms with van der Waals surface area (Å²) in [7, 11) is 0. The molecule has 3 aliphatic rings. The van der Waals surface area contributed by atoms with Crippen molar-refractivity contribution in [1.29, 1.82) is 0 Å². The molecule has 2 N–H and O–H groups in total. The van der Waals surface area contributed by atoms with E-state index in [2.05, 4.69) is 10.2 Å². The number of aliphatic hydroxyl groups is 1. The molecule has 2 saturated carbocycles. The lowest BCUT2D eigenvalue weighted by atomic mass is 9.92. The van der Waals surface area contributed by atoms with Gasteiger partial charge in [-0.2, -0.15) is 0 Å². The van der Waals surface area contributed by atoms with Gasteiger partial charge in [0.05, 0.1) is 12.0 Å². The maximum absolute atomic E-state index is 12.3. The van der Waals surface area contributed by atoms with Gasteiger partial charge in [-0.05, 0) is 51.5 Å². The third-order valence-electron chi connectivity index (χ3n) is 5.71. The molecule has 120 valence electrons. The third kappa shape index (κ3) is 3.78. The van der Waals surface area contributed by atoms with Gasteiger partial charge in [0, 0.05) is 18.6 Å². The van der Waals surface area contributed by atoms with E-state index in [0.29, 0.717) is 6.04 Å². The first kappa shape index (κ1) is 15.3. The van der Waals surface area contributed by atoms with Gasteiger partial charge in [0.1, 0.15) is 0 Å². The third-order valence-corrected chi connectivity index (χ3v) is 5.71. The fourth-order valence-electron chi connectivity index (χ4n) is 4.46. The number of hydrogen-bond acceptors (Lipinski definition) is 3. The highest BCUT2D eigenvalue weighted by Gasteiger charge is 2.34. The van der Waals surface area contributed by atoms with E-state index in [-0.39, 0.29) is 11.8 Å². The van der Waals surface area contributed by atoms with Crippen LogP contribution >= 0.6 is 0 Å². The Labute approximate surface area is 128 Å². The predicted molar refractivity (Wildman–Crippen MR) is 83.0 cm³/mol. The van der Waals surface area contributed by atoms with Gasteiger partial charge in [-0.3, -0.25) is 9.69 Å². The quantitative estimate of drug-likeness (QED) is 0.838. The van der Waals surface area contributed by atoms with E-state index in [0.717, 1.165) is 38.3 Å². The van der Waals surface area contributed by atoms with Crippen molar-refractivity contribution in [3.8, 4) is 0 Å². The second-order valence-electron chi connectivity index (χ2n) is 7.24. The molecule has 0 radical (unpaired) electrons. The largest absolute Gasteiger partial charge is 0.392 e. The van der Waals surface area contributed by atoms with Gasteiger partial charge in [-0.1, -0.05) is 19.3 Å². The van der Waals surface area contributed by atoms with Crippen molar-refractivity contribution in [3.05, 3.63) is 0 Å². The Balaban J connectivity index is 1.50. The minimum absolute atomic E-state index is 0.0931. The van der Waals surface area contributed by atoms with Gasteiger partial charge in [0.2, 0.25) is 5.91 Å². The number of piperidine rings is 1. The molecule has 4 nitrogen and oxygen atoms in total. The summed E-state index contributed by atoms with van der Waals surface area (Å²) < 4.78 is 0. The molecule has 3 unspecified atom stereocenters. The van der Waals surface area contributed by atoms with Gasteiger partial charge in [0.15, 0.2) is 0 Å². The van der Waals surface area contributed by atoms with E-state index in [4.69, 9.17) is 0 Å². The van der Waals surface area contributed by atoms with Crippen molar-refractivity contribution >= 4 is 5.91 Å². The molecular weight excluding hydrogens is 264 g/mol. The Hall–Kier alpha value is -0.610. The lowest BCUT2D eigenvalue weighted by Crippen LogP contribution is -2.52. The maximum Gasteiger partial charge on any atom is 0.225 e. The molecule has 3 fully saturated rings. The van der Waals surface area contributed by atoms with Crippen molar-refractivity contribution < 1.29 is 9.90 Å². The Morgan fingerprint density at radius 2 is 1.76 bits per heavy atom. The Morgan fingerprint density at radius 3 is 2.48 bits per heavy atom. The second-order valence-corrected chi connectivity index (χ2v) is 7.24. The molecule has 0 aromatic carbocycles. The van der Waals surface area contributed by atoms with E-state index in [9.17, 15) is 9.90 Å². The van der Waals surface area contributed by atoms with Crippen molar-refractivity contribution in [2.24, 2.45) is 5.92 Å². The van der Waals surface area contributed by atoms with Crippen LogP contribution in [0.3, 0.4) is 0 Å². The zero-order valence-electron chi connectivity index (χ0n) is 13.1. The standard InChI is InChI=1S/C17H30N2O2/c20-16-10-4-9-15(16)17(21)18-13-6-5-11-19(12-13)14-7-2-1-3-8-14/h13-16,20H,1-12H2,(H,18,21). The highest BCUT2D eigenvalue weighted by molar-refractivity contribution is 5.79. The average molecular weight is 294 g/mol. The molecule has 1 aliphatic heterocycles. The SMILES string of the molecule is O=C(NC1CCCN(C2CCCCC2)C1)C1CCCC1O. The fourth-order valence-corrected chi connectivity index (χ4v) is 4.46. The molecule has 4 heteroatoms. The van der Waals surface area contributed by atoms with E-state index >= 15 is 0 Å². The summed E-state index contributed by atoms with van der Waals surface area (Å²) in [6, 6.07) is 1.04. The number of carbonyl (C=O) groups is 1. The van der Waals surface area contributed by atoms with Crippen LogP contribution in [-0.4, -0.2) is 47.2 Å². The molecule has 0 spiro atoms. The summed E-state index contributed by atoms with van der Waals surface area (Å²) in [6.45, 7) is 2.21. The van der Waals surface area contributed by atoms with Crippen molar-refractivity contribution in [3.63, 3.8) is 0 Å². The van der Waals surface area contributed by atoms with Crippen LogP contribution in [0.15, 0.2) is 0 Å². The molecule has 0 aromatic rings. The molecule has 21 heavy (non-hydrogen) atoms. The number of nitrogens with one attached hydrogen (secondary N) is 1. The van der Waals surface area contributed by atoms with E-state index in [1.165, 1.54) is 45.1 Å². The molecule has 3 rings (SSSR count). The Kier molecular flexibility index (Phi) is 5.17. The van der Waals surface area contributed by atoms with Gasteiger partial charge >= 0.3 is 0 Å². The monoisotopic (exact) mass is 294 g/mol. The number of carbonyl (C=O) groups excluding carboxylic acids is 1. The number of nitrogens with zero attached hydrogens (tertiary/aromatic N) is 1. The summed E-state index contributed by atoms with van der Waals surface area (Å²) in [4.78, 5) is 14.9. The van der Waals surface area contributed by atoms with Crippen molar-refractivity contribution in [2.75, 3.05) is 13.1 Å². The number of likely N-dealkylation sites (tertiary alicyclic amines) is 1. The summed E-state index contributed by atoms with van der Waals surface area (Å²) in [5.41, 5.74) is 0. The van der Waals surface area contributed by atoms with Crippen LogP contribution < -0.4 is 5.32 Å². The lowest BCUT2D eigenvalue weighted by Gasteiger charge is -2.40. The topological polar surface area (TPSA) is 52.6 Å². The van der Waals surface area contributed by atoms with Crippen LogP contribution in [0.25, 0.3) is 0 Å². The molecule has 3 atom stereocenters. The smallest absolute Gasteiger partial charge is 0.225 e. The Bertz CT molecular complexity index is 355. The van der Waals surface area contributed by atoms with Crippen LogP contribution in [0.2, 0.25) is 0 Å². The van der Waals surface area contributed by atoms with Crippen molar-refractivity contribution in [1.82, 2.24) is 10.2 Å². The minimum atomic E-state index is -0.414. The van der Waals surface area contributed by atoms with Crippen LogP contribution in [0.4, 0.5) is 0 Å². The molecule has 0 bridgehead atoms. The van der Waals surface area contributed by atoms with Crippen LogP contribution in [0.5, 0.6) is 0 Å². The maximum atomic E-state index is 12.3. The summed E-state index contributed by atoms with van der Waals surface area (Å²) in [5.74, 6) is -0.0643. The van der Waals surface area contributed by atoms with Gasteiger partial charge in [0.25, 0.3) is 0 Å². The fraction of sp³-hybridized carbons (Fsp3) is 0.941. The molecule has 2 aliphatic carbocycles. The average Bonchev–Trinajstić information content (AvgIpc) is 2.95. The first-order valence-electron chi connectivity index (χ1n) is 8.96. The van der Waals surface area contributed by atoms with E-state index in [1.54, 1.807) is 0 Å². The zero-order chi connectivity index (χ0) is 14.7. The van der Waals surface area contributed by atoms with Gasteiger partial charge in [-0.25, -0.2) is 0 Å². The second kappa shape index (κ2) is 7.10. The number of amides is 1. The van der Waals surface area contributed by atoms with Crippen LogP contribution in [0.1, 0.15) is 64.2 Å². The summed E-state index contributed by atoms with van der Waals surface area (Å²) in [6.07, 6.45) is 11.3. The lowest BCUT2D eigenvalue weighted by molar-refractivity contribution is -0.128. The van der Waals surface area contributed by atoms with Crippen LogP contribution in [-0.2, 0) is 4.79 Å². The first-order chi connectivity index (χ1) is 10.2. The number of rotatable bonds is 3. The highest BCUT2D eigenvalue weighted by Crippen LogP contribution is 2.27.